The summed E-state index contributed by atoms with van der Waals surface area (Å²) in [5, 5.41) is 15.6. The van der Waals surface area contributed by atoms with Crippen LogP contribution in [0.2, 0.25) is 0 Å². The molecular weight excluding hydrogens is 270 g/mol. The minimum Gasteiger partial charge on any atom is -0.481 e. The van der Waals surface area contributed by atoms with E-state index < -0.39 is 5.97 Å². The molecule has 0 saturated heterocycles. The van der Waals surface area contributed by atoms with E-state index in [4.69, 9.17) is 5.11 Å². The Labute approximate surface area is 125 Å². The average molecular weight is 295 g/mol. The number of aryl methyl sites for hydroxylation is 2. The summed E-state index contributed by atoms with van der Waals surface area (Å²) in [4.78, 5) is 22.1. The number of hydrogen-bond donors (Lipinski definition) is 2. The number of rotatable bonds is 10. The second-order valence-corrected chi connectivity index (χ2v) is 5.35. The van der Waals surface area contributed by atoms with Crippen molar-refractivity contribution in [2.75, 3.05) is 6.54 Å². The Morgan fingerprint density at radius 3 is 2.48 bits per heavy atom. The van der Waals surface area contributed by atoms with E-state index in [0.717, 1.165) is 43.5 Å². The summed E-state index contributed by atoms with van der Waals surface area (Å²) in [5.41, 5.74) is 1.91. The monoisotopic (exact) mass is 295 g/mol. The molecule has 6 heteroatoms. The van der Waals surface area contributed by atoms with Crippen LogP contribution in [0.5, 0.6) is 0 Å². The average Bonchev–Trinajstić information content (AvgIpc) is 2.70. The van der Waals surface area contributed by atoms with Crippen molar-refractivity contribution < 1.29 is 14.7 Å². The molecule has 1 aromatic rings. The summed E-state index contributed by atoms with van der Waals surface area (Å²) in [6, 6.07) is 1.95. The van der Waals surface area contributed by atoms with Crippen LogP contribution >= 0.6 is 0 Å². The highest BCUT2D eigenvalue weighted by Crippen LogP contribution is 2.05. The number of carbonyl (C=O) groups excluding carboxylic acids is 1. The molecule has 21 heavy (non-hydrogen) atoms. The van der Waals surface area contributed by atoms with Crippen LogP contribution < -0.4 is 5.32 Å². The maximum absolute atomic E-state index is 11.7. The first-order chi connectivity index (χ1) is 9.99. The van der Waals surface area contributed by atoms with Gasteiger partial charge in [-0.05, 0) is 32.8 Å². The molecule has 1 rings (SSSR count). The van der Waals surface area contributed by atoms with Crippen LogP contribution in [0.25, 0.3) is 0 Å². The molecule has 0 fully saturated rings. The van der Waals surface area contributed by atoms with E-state index in [1.165, 1.54) is 0 Å². The first-order valence-corrected chi connectivity index (χ1v) is 7.48. The highest BCUT2D eigenvalue weighted by Gasteiger charge is 2.06. The van der Waals surface area contributed by atoms with E-state index in [0.29, 0.717) is 6.54 Å². The third-order valence-corrected chi connectivity index (χ3v) is 3.29. The number of aliphatic carboxylic acids is 1. The molecule has 0 spiro atoms. The highest BCUT2D eigenvalue weighted by molar-refractivity contribution is 5.75. The van der Waals surface area contributed by atoms with Crippen molar-refractivity contribution in [3.05, 3.63) is 17.5 Å². The van der Waals surface area contributed by atoms with Crippen molar-refractivity contribution in [2.24, 2.45) is 0 Å². The van der Waals surface area contributed by atoms with E-state index in [1.807, 2.05) is 19.9 Å². The van der Waals surface area contributed by atoms with Gasteiger partial charge in [0.1, 0.15) is 6.54 Å². The molecule has 0 saturated carbocycles. The number of nitrogens with one attached hydrogen (secondary N) is 1. The van der Waals surface area contributed by atoms with Gasteiger partial charge in [-0.15, -0.1) is 0 Å². The van der Waals surface area contributed by atoms with E-state index in [2.05, 4.69) is 10.4 Å². The van der Waals surface area contributed by atoms with Gasteiger partial charge in [-0.1, -0.05) is 19.3 Å². The Morgan fingerprint density at radius 1 is 1.19 bits per heavy atom. The van der Waals surface area contributed by atoms with Crippen LogP contribution in [-0.4, -0.2) is 33.3 Å². The molecule has 0 unspecified atom stereocenters. The van der Waals surface area contributed by atoms with Crippen LogP contribution in [0.15, 0.2) is 6.07 Å². The predicted octanol–water partition coefficient (Wildman–Crippen LogP) is 2.04. The maximum atomic E-state index is 11.7. The van der Waals surface area contributed by atoms with Gasteiger partial charge in [0, 0.05) is 18.7 Å². The second-order valence-electron chi connectivity index (χ2n) is 5.35. The van der Waals surface area contributed by atoms with Crippen LogP contribution in [0, 0.1) is 13.8 Å². The molecule has 0 atom stereocenters. The first kappa shape index (κ1) is 17.2. The summed E-state index contributed by atoms with van der Waals surface area (Å²) in [7, 11) is 0. The molecular formula is C15H25N3O3. The number of amides is 1. The lowest BCUT2D eigenvalue weighted by Crippen LogP contribution is -2.29. The molecule has 2 N–H and O–H groups in total. The Morgan fingerprint density at radius 2 is 1.86 bits per heavy atom. The summed E-state index contributed by atoms with van der Waals surface area (Å²) >= 11 is 0. The van der Waals surface area contributed by atoms with Crippen molar-refractivity contribution in [3.8, 4) is 0 Å². The zero-order chi connectivity index (χ0) is 15.7. The van der Waals surface area contributed by atoms with Gasteiger partial charge >= 0.3 is 5.97 Å². The largest absolute Gasteiger partial charge is 0.481 e. The Balaban J connectivity index is 2.04. The van der Waals surface area contributed by atoms with Crippen LogP contribution in [0.4, 0.5) is 0 Å². The van der Waals surface area contributed by atoms with Gasteiger partial charge in [0.15, 0.2) is 0 Å². The Bertz CT molecular complexity index is 469. The molecule has 6 nitrogen and oxygen atoms in total. The summed E-state index contributed by atoms with van der Waals surface area (Å²) in [6.45, 7) is 4.77. The molecule has 0 aromatic carbocycles. The summed E-state index contributed by atoms with van der Waals surface area (Å²) < 4.78 is 1.70. The lowest BCUT2D eigenvalue weighted by Gasteiger charge is -2.06. The number of aromatic nitrogens is 2. The molecule has 0 aliphatic rings. The quantitative estimate of drug-likeness (QED) is 0.647. The van der Waals surface area contributed by atoms with Gasteiger partial charge in [-0.25, -0.2) is 0 Å². The Kier molecular flexibility index (Phi) is 7.50. The van der Waals surface area contributed by atoms with Gasteiger partial charge in [0.25, 0.3) is 0 Å². The number of carbonyl (C=O) groups is 2. The van der Waals surface area contributed by atoms with Crippen LogP contribution in [0.1, 0.15) is 49.9 Å². The number of carboxylic acid groups (broad SMARTS) is 1. The van der Waals surface area contributed by atoms with E-state index >= 15 is 0 Å². The van der Waals surface area contributed by atoms with Crippen molar-refractivity contribution in [2.45, 2.75) is 58.9 Å². The standard InChI is InChI=1S/C15H25N3O3/c1-12-10-13(2)18(17-12)11-14(19)16-9-7-5-3-4-6-8-15(20)21/h10H,3-9,11H2,1-2H3,(H,16,19)(H,20,21). The topological polar surface area (TPSA) is 84.2 Å². The fraction of sp³-hybridized carbons (Fsp3) is 0.667. The van der Waals surface area contributed by atoms with Crippen molar-refractivity contribution >= 4 is 11.9 Å². The zero-order valence-electron chi connectivity index (χ0n) is 12.9. The number of unbranched alkanes of at least 4 members (excludes halogenated alkanes) is 4. The number of carboxylic acids is 1. The fourth-order valence-corrected chi connectivity index (χ4v) is 2.19. The molecule has 1 aromatic heterocycles. The van der Waals surface area contributed by atoms with E-state index in [1.54, 1.807) is 4.68 Å². The molecule has 0 radical (unpaired) electrons. The lowest BCUT2D eigenvalue weighted by molar-refractivity contribution is -0.137. The molecule has 0 aliphatic heterocycles. The molecule has 0 bridgehead atoms. The first-order valence-electron chi connectivity index (χ1n) is 7.48. The van der Waals surface area contributed by atoms with Gasteiger partial charge < -0.3 is 10.4 Å². The van der Waals surface area contributed by atoms with E-state index in [9.17, 15) is 9.59 Å². The van der Waals surface area contributed by atoms with Crippen LogP contribution in [0.3, 0.4) is 0 Å². The van der Waals surface area contributed by atoms with Gasteiger partial charge in [0.2, 0.25) is 5.91 Å². The minimum absolute atomic E-state index is 0.0212. The van der Waals surface area contributed by atoms with Gasteiger partial charge in [0.05, 0.1) is 5.69 Å². The highest BCUT2D eigenvalue weighted by atomic mass is 16.4. The van der Waals surface area contributed by atoms with E-state index in [-0.39, 0.29) is 18.9 Å². The van der Waals surface area contributed by atoms with Crippen LogP contribution in [-0.2, 0) is 16.1 Å². The predicted molar refractivity (Wildman–Crippen MR) is 80.0 cm³/mol. The zero-order valence-corrected chi connectivity index (χ0v) is 12.9. The Hall–Kier alpha value is -1.85. The summed E-state index contributed by atoms with van der Waals surface area (Å²) in [6.07, 6.45) is 4.88. The third-order valence-electron chi connectivity index (χ3n) is 3.29. The second kappa shape index (κ2) is 9.15. The molecule has 0 aliphatic carbocycles. The van der Waals surface area contributed by atoms with Crippen molar-refractivity contribution in [1.82, 2.24) is 15.1 Å². The molecule has 1 amide bonds. The van der Waals surface area contributed by atoms with Crippen molar-refractivity contribution in [1.29, 1.82) is 0 Å². The smallest absolute Gasteiger partial charge is 0.303 e. The summed E-state index contributed by atoms with van der Waals surface area (Å²) in [5.74, 6) is -0.751. The molecule has 118 valence electrons. The fourth-order valence-electron chi connectivity index (χ4n) is 2.19. The van der Waals surface area contributed by atoms with Gasteiger partial charge in [-0.3, -0.25) is 14.3 Å². The van der Waals surface area contributed by atoms with Crippen molar-refractivity contribution in [3.63, 3.8) is 0 Å². The van der Waals surface area contributed by atoms with Gasteiger partial charge in [-0.2, -0.15) is 5.10 Å². The minimum atomic E-state index is -0.730. The number of hydrogen-bond acceptors (Lipinski definition) is 3. The number of nitrogens with zero attached hydrogens (tertiary/aromatic N) is 2. The molecule has 1 heterocycles. The SMILES string of the molecule is Cc1cc(C)n(CC(=O)NCCCCCCCC(=O)O)n1. The normalized spacial score (nSPS) is 10.6. The third kappa shape index (κ3) is 7.48. The lowest BCUT2D eigenvalue weighted by atomic mass is 10.1. The maximum Gasteiger partial charge on any atom is 0.303 e.